The van der Waals surface area contributed by atoms with Crippen LogP contribution in [0.4, 0.5) is 0 Å². The van der Waals surface area contributed by atoms with Gasteiger partial charge in [0, 0.05) is 13.6 Å². The highest BCUT2D eigenvalue weighted by molar-refractivity contribution is 14.1. The number of nitrogens with one attached hydrogen (secondary N) is 1. The number of nitrogens with zero attached hydrogens (tertiary/aromatic N) is 3. The summed E-state index contributed by atoms with van der Waals surface area (Å²) in [7, 11) is -1.98. The van der Waals surface area contributed by atoms with Crippen LogP contribution in [-0.4, -0.2) is 34.4 Å². The summed E-state index contributed by atoms with van der Waals surface area (Å²) in [6, 6.07) is 0. The van der Waals surface area contributed by atoms with E-state index in [-0.39, 0.29) is 9.63 Å². The number of hydrogen-bond donors (Lipinski definition) is 1. The third-order valence-corrected chi connectivity index (χ3v) is 5.20. The van der Waals surface area contributed by atoms with E-state index in [2.05, 4.69) is 53.6 Å². The van der Waals surface area contributed by atoms with Crippen LogP contribution in [0, 0.1) is 0 Å². The minimum Gasteiger partial charge on any atom is -0.235 e. The maximum Gasteiger partial charge on any atom is 0.260 e. The molecule has 0 aliphatic rings. The Bertz CT molecular complexity index is 443. The molecule has 0 amide bonds. The van der Waals surface area contributed by atoms with Gasteiger partial charge in [-0.3, -0.25) is 0 Å². The predicted molar refractivity (Wildman–Crippen MR) is 76.6 cm³/mol. The SMILES string of the molecule is Cn1nnc(Br)c1S(=O)(=O)NCCCCCI. The highest BCUT2D eigenvalue weighted by Gasteiger charge is 2.22. The topological polar surface area (TPSA) is 76.9 Å². The summed E-state index contributed by atoms with van der Waals surface area (Å²) in [4.78, 5) is 0. The Morgan fingerprint density at radius 3 is 2.65 bits per heavy atom. The number of unbranched alkanes of at least 4 members (excludes halogenated alkanes) is 2. The first kappa shape index (κ1) is 15.3. The molecule has 0 unspecified atom stereocenters. The zero-order valence-electron chi connectivity index (χ0n) is 9.36. The van der Waals surface area contributed by atoms with Crippen LogP contribution in [0.3, 0.4) is 0 Å². The number of aryl methyl sites for hydroxylation is 1. The molecule has 1 N–H and O–H groups in total. The van der Waals surface area contributed by atoms with E-state index in [1.54, 1.807) is 7.05 Å². The summed E-state index contributed by atoms with van der Waals surface area (Å²) >= 11 is 5.38. The van der Waals surface area contributed by atoms with Gasteiger partial charge in [0.1, 0.15) is 0 Å². The summed E-state index contributed by atoms with van der Waals surface area (Å²) in [5.41, 5.74) is 0. The van der Waals surface area contributed by atoms with E-state index in [9.17, 15) is 8.42 Å². The van der Waals surface area contributed by atoms with Crippen molar-refractivity contribution in [1.82, 2.24) is 19.7 Å². The average Bonchev–Trinajstić information content (AvgIpc) is 2.58. The van der Waals surface area contributed by atoms with Crippen molar-refractivity contribution < 1.29 is 8.42 Å². The molecule has 0 saturated carbocycles. The van der Waals surface area contributed by atoms with Gasteiger partial charge in [-0.25, -0.2) is 17.8 Å². The fourth-order valence-corrected chi connectivity index (χ4v) is 3.98. The number of rotatable bonds is 7. The smallest absolute Gasteiger partial charge is 0.235 e. The summed E-state index contributed by atoms with van der Waals surface area (Å²) in [5.74, 6) is 0. The van der Waals surface area contributed by atoms with E-state index in [1.165, 1.54) is 4.68 Å². The summed E-state index contributed by atoms with van der Waals surface area (Å²) in [6.45, 7) is 0.441. The standard InChI is InChI=1S/C8H14BrIN4O2S/c1-14-8(7(9)12-13-14)17(15,16)11-6-4-2-3-5-10/h11H,2-6H2,1H3. The molecule has 0 aliphatic heterocycles. The van der Waals surface area contributed by atoms with Crippen LogP contribution >= 0.6 is 38.5 Å². The van der Waals surface area contributed by atoms with E-state index in [0.29, 0.717) is 6.54 Å². The zero-order valence-corrected chi connectivity index (χ0v) is 13.9. The van der Waals surface area contributed by atoms with Gasteiger partial charge in [0.2, 0.25) is 5.03 Å². The van der Waals surface area contributed by atoms with Gasteiger partial charge in [0.25, 0.3) is 10.0 Å². The van der Waals surface area contributed by atoms with Gasteiger partial charge < -0.3 is 0 Å². The first-order valence-corrected chi connectivity index (χ1v) is 8.90. The molecule has 1 rings (SSSR count). The second-order valence-electron chi connectivity index (χ2n) is 3.46. The Kier molecular flexibility index (Phi) is 6.31. The minimum absolute atomic E-state index is 0.0615. The Balaban J connectivity index is 2.58. The molecule has 0 fully saturated rings. The Labute approximate surface area is 123 Å². The number of halogens is 2. The predicted octanol–water partition coefficient (Wildman–Crippen LogP) is 1.46. The highest BCUT2D eigenvalue weighted by atomic mass is 127. The zero-order chi connectivity index (χ0) is 12.9. The van der Waals surface area contributed by atoms with Crippen molar-refractivity contribution >= 4 is 48.5 Å². The molecule has 0 atom stereocenters. The maximum absolute atomic E-state index is 11.9. The monoisotopic (exact) mass is 436 g/mol. The first-order chi connectivity index (χ1) is 7.99. The summed E-state index contributed by atoms with van der Waals surface area (Å²) in [5, 5.41) is 7.35. The lowest BCUT2D eigenvalue weighted by Crippen LogP contribution is -2.27. The molecule has 0 aliphatic carbocycles. The van der Waals surface area contributed by atoms with E-state index >= 15 is 0 Å². The molecule has 98 valence electrons. The van der Waals surface area contributed by atoms with Crippen LogP contribution in [0.5, 0.6) is 0 Å². The molecule has 0 saturated heterocycles. The van der Waals surface area contributed by atoms with Gasteiger partial charge in [-0.05, 0) is 33.2 Å². The Hall–Kier alpha value is 0.260. The van der Waals surface area contributed by atoms with Crippen LogP contribution < -0.4 is 4.72 Å². The molecule has 0 spiro atoms. The van der Waals surface area contributed by atoms with Crippen molar-refractivity contribution in [2.75, 3.05) is 11.0 Å². The van der Waals surface area contributed by atoms with E-state index in [1.807, 2.05) is 0 Å². The normalized spacial score (nSPS) is 11.9. The largest absolute Gasteiger partial charge is 0.260 e. The van der Waals surface area contributed by atoms with Crippen molar-refractivity contribution in [3.63, 3.8) is 0 Å². The van der Waals surface area contributed by atoms with Crippen molar-refractivity contribution in [2.24, 2.45) is 7.05 Å². The van der Waals surface area contributed by atoms with Gasteiger partial charge in [-0.2, -0.15) is 0 Å². The maximum atomic E-state index is 11.9. The van der Waals surface area contributed by atoms with Crippen molar-refractivity contribution in [1.29, 1.82) is 0 Å². The van der Waals surface area contributed by atoms with Crippen molar-refractivity contribution in [3.05, 3.63) is 4.60 Å². The van der Waals surface area contributed by atoms with E-state index in [0.717, 1.165) is 23.7 Å². The van der Waals surface area contributed by atoms with Crippen molar-refractivity contribution in [2.45, 2.75) is 24.3 Å². The number of hydrogen-bond acceptors (Lipinski definition) is 4. The van der Waals surface area contributed by atoms with Crippen molar-refractivity contribution in [3.8, 4) is 0 Å². The molecule has 17 heavy (non-hydrogen) atoms. The number of sulfonamides is 1. The summed E-state index contributed by atoms with van der Waals surface area (Å²) < 4.78 is 29.0. The molecular weight excluding hydrogens is 423 g/mol. The van der Waals surface area contributed by atoms with Gasteiger partial charge in [-0.15, -0.1) is 5.10 Å². The second-order valence-corrected chi connectivity index (χ2v) is 6.97. The quantitative estimate of drug-likeness (QED) is 0.398. The van der Waals surface area contributed by atoms with Crippen LogP contribution in [0.15, 0.2) is 9.63 Å². The first-order valence-electron chi connectivity index (χ1n) is 5.10. The third-order valence-electron chi connectivity index (χ3n) is 2.09. The molecule has 1 aromatic heterocycles. The number of alkyl halides is 1. The molecular formula is C8H14BrIN4O2S. The molecule has 9 heteroatoms. The molecule has 1 heterocycles. The van der Waals surface area contributed by atoms with Crippen LogP contribution in [0.2, 0.25) is 0 Å². The van der Waals surface area contributed by atoms with Crippen LogP contribution in [-0.2, 0) is 17.1 Å². The van der Waals surface area contributed by atoms with Gasteiger partial charge in [0.15, 0.2) is 4.60 Å². The lowest BCUT2D eigenvalue weighted by molar-refractivity contribution is 0.556. The van der Waals surface area contributed by atoms with E-state index in [4.69, 9.17) is 0 Å². The van der Waals surface area contributed by atoms with Gasteiger partial charge >= 0.3 is 0 Å². The minimum atomic E-state index is -3.53. The summed E-state index contributed by atoms with van der Waals surface area (Å²) in [6.07, 6.45) is 2.97. The highest BCUT2D eigenvalue weighted by Crippen LogP contribution is 2.17. The molecule has 1 aromatic rings. The fourth-order valence-electron chi connectivity index (χ4n) is 1.28. The molecule has 0 aromatic carbocycles. The van der Waals surface area contributed by atoms with E-state index < -0.39 is 10.0 Å². The second kappa shape index (κ2) is 7.00. The van der Waals surface area contributed by atoms with Gasteiger partial charge in [0.05, 0.1) is 0 Å². The lowest BCUT2D eigenvalue weighted by atomic mass is 10.3. The molecule has 0 bridgehead atoms. The fraction of sp³-hybridized carbons (Fsp3) is 0.750. The van der Waals surface area contributed by atoms with Gasteiger partial charge in [-0.1, -0.05) is 34.2 Å². The average molecular weight is 437 g/mol. The Morgan fingerprint density at radius 1 is 1.41 bits per heavy atom. The third kappa shape index (κ3) is 4.45. The van der Waals surface area contributed by atoms with Crippen LogP contribution in [0.25, 0.3) is 0 Å². The Morgan fingerprint density at radius 2 is 2.12 bits per heavy atom. The lowest BCUT2D eigenvalue weighted by Gasteiger charge is -2.06. The number of aromatic nitrogens is 3. The molecule has 6 nitrogen and oxygen atoms in total. The van der Waals surface area contributed by atoms with Crippen LogP contribution in [0.1, 0.15) is 19.3 Å². The molecule has 0 radical (unpaired) electrons.